The summed E-state index contributed by atoms with van der Waals surface area (Å²) in [7, 11) is -2.64. The quantitative estimate of drug-likeness (QED) is 0.605. The lowest BCUT2D eigenvalue weighted by Crippen LogP contribution is -2.36. The second-order valence-corrected chi connectivity index (χ2v) is 8.28. The molecule has 0 saturated carbocycles. The molecule has 0 bridgehead atoms. The Hall–Kier alpha value is -1.25. The number of carbonyl (C=O) groups excluding carboxylic acids is 1. The lowest BCUT2D eigenvalue weighted by molar-refractivity contribution is 0.0596. The van der Waals surface area contributed by atoms with E-state index in [0.717, 1.165) is 0 Å². The van der Waals surface area contributed by atoms with Crippen LogP contribution >= 0.6 is 11.8 Å². The predicted octanol–water partition coefficient (Wildman–Crippen LogP) is 1.48. The monoisotopic (exact) mass is 332 g/mol. The largest absolute Gasteiger partial charge is 0.465 e. The van der Waals surface area contributed by atoms with Crippen LogP contribution in [0, 0.1) is 0 Å². The van der Waals surface area contributed by atoms with Crippen molar-refractivity contribution in [2.45, 2.75) is 23.5 Å². The van der Waals surface area contributed by atoms with Crippen molar-refractivity contribution in [3.63, 3.8) is 0 Å². The van der Waals surface area contributed by atoms with Crippen LogP contribution in [0.3, 0.4) is 0 Å². The van der Waals surface area contributed by atoms with E-state index in [2.05, 4.69) is 9.46 Å². The first-order valence-corrected chi connectivity index (χ1v) is 8.86. The van der Waals surface area contributed by atoms with Gasteiger partial charge in [0.2, 0.25) is 10.0 Å². The molecule has 0 aromatic heterocycles. The molecule has 0 amide bonds. The van der Waals surface area contributed by atoms with Crippen LogP contribution in [-0.2, 0) is 14.8 Å². The highest BCUT2D eigenvalue weighted by Gasteiger charge is 2.26. The Kier molecular flexibility index (Phi) is 5.66. The number of benzene rings is 1. The van der Waals surface area contributed by atoms with E-state index in [1.807, 2.05) is 20.1 Å². The molecule has 0 atom stereocenters. The zero-order valence-electron chi connectivity index (χ0n) is 12.5. The molecule has 0 aliphatic heterocycles. The Bertz CT molecular complexity index is 627. The third-order valence-electron chi connectivity index (χ3n) is 2.94. The summed E-state index contributed by atoms with van der Waals surface area (Å²) in [4.78, 5) is 11.6. The van der Waals surface area contributed by atoms with Crippen molar-refractivity contribution in [1.29, 1.82) is 0 Å². The number of esters is 1. The van der Waals surface area contributed by atoms with E-state index in [9.17, 15) is 13.2 Å². The maximum Gasteiger partial charge on any atom is 0.339 e. The van der Waals surface area contributed by atoms with Gasteiger partial charge in [0, 0.05) is 17.0 Å². The van der Waals surface area contributed by atoms with Crippen molar-refractivity contribution in [2.24, 2.45) is 0 Å². The van der Waals surface area contributed by atoms with E-state index in [1.54, 1.807) is 11.8 Å². The molecule has 0 heterocycles. The molecule has 1 aromatic carbocycles. The van der Waals surface area contributed by atoms with Crippen LogP contribution in [0.1, 0.15) is 24.2 Å². The number of rotatable bonds is 6. The third kappa shape index (κ3) is 4.62. The van der Waals surface area contributed by atoms with Gasteiger partial charge in [-0.1, -0.05) is 0 Å². The molecule has 0 saturated heterocycles. The van der Waals surface area contributed by atoms with Gasteiger partial charge in [0.15, 0.2) is 0 Å². The summed E-state index contributed by atoms with van der Waals surface area (Å²) in [5.74, 6) is -0.744. The molecular weight excluding hydrogens is 312 g/mol. The molecule has 0 aliphatic carbocycles. The first-order valence-electron chi connectivity index (χ1n) is 6.15. The minimum Gasteiger partial charge on any atom is -0.465 e. The second-order valence-electron chi connectivity index (χ2n) is 5.04. The van der Waals surface area contributed by atoms with Gasteiger partial charge in [0.1, 0.15) is 0 Å². The zero-order chi connectivity index (χ0) is 16.3. The number of anilines is 1. The van der Waals surface area contributed by atoms with E-state index < -0.39 is 16.0 Å². The summed E-state index contributed by atoms with van der Waals surface area (Å²) >= 11 is 1.54. The smallest absolute Gasteiger partial charge is 0.339 e. The number of methoxy groups -OCH3 is 1. The Balaban J connectivity index is 3.17. The molecular formula is C13H20N2O4S2. The molecule has 0 unspecified atom stereocenters. The van der Waals surface area contributed by atoms with Gasteiger partial charge in [0.05, 0.1) is 17.6 Å². The van der Waals surface area contributed by atoms with Crippen LogP contribution in [0.4, 0.5) is 5.69 Å². The van der Waals surface area contributed by atoms with Crippen molar-refractivity contribution >= 4 is 33.4 Å². The number of hydrogen-bond donors (Lipinski definition) is 2. The Morgan fingerprint density at radius 3 is 2.57 bits per heavy atom. The summed E-state index contributed by atoms with van der Waals surface area (Å²) in [5, 5.41) is 0. The number of sulfonamides is 1. The molecule has 1 aromatic rings. The van der Waals surface area contributed by atoms with Crippen LogP contribution in [0.25, 0.3) is 0 Å². The van der Waals surface area contributed by atoms with E-state index in [-0.39, 0.29) is 21.8 Å². The van der Waals surface area contributed by atoms with E-state index in [4.69, 9.17) is 5.73 Å². The third-order valence-corrected chi connectivity index (χ3v) is 5.65. The summed E-state index contributed by atoms with van der Waals surface area (Å²) in [6.45, 7) is 4.08. The van der Waals surface area contributed by atoms with Crippen LogP contribution < -0.4 is 10.5 Å². The number of nitrogens with two attached hydrogens (primary N) is 1. The van der Waals surface area contributed by atoms with Crippen molar-refractivity contribution in [2.75, 3.05) is 25.6 Å². The van der Waals surface area contributed by atoms with E-state index in [0.29, 0.717) is 5.69 Å². The van der Waals surface area contributed by atoms with Gasteiger partial charge >= 0.3 is 5.97 Å². The van der Waals surface area contributed by atoms with Gasteiger partial charge in [-0.15, -0.1) is 0 Å². The number of nitrogen functional groups attached to an aromatic ring is 1. The average molecular weight is 332 g/mol. The van der Waals surface area contributed by atoms with Gasteiger partial charge in [-0.2, -0.15) is 11.8 Å². The SMILES string of the molecule is COC(=O)c1cc(N)ccc1S(=O)(=O)NCC(C)(C)SC. The minimum absolute atomic E-state index is 0.0769. The molecule has 118 valence electrons. The first kappa shape index (κ1) is 17.8. The predicted molar refractivity (Wildman–Crippen MR) is 85.0 cm³/mol. The normalized spacial score (nSPS) is 12.2. The Labute approximate surface area is 129 Å². The average Bonchev–Trinajstić information content (AvgIpc) is 2.44. The van der Waals surface area contributed by atoms with Crippen LogP contribution in [0.2, 0.25) is 0 Å². The van der Waals surface area contributed by atoms with Gasteiger partial charge < -0.3 is 10.5 Å². The molecule has 8 heteroatoms. The van der Waals surface area contributed by atoms with Crippen molar-refractivity contribution in [1.82, 2.24) is 4.72 Å². The lowest BCUT2D eigenvalue weighted by Gasteiger charge is -2.22. The van der Waals surface area contributed by atoms with Crippen molar-refractivity contribution in [3.8, 4) is 0 Å². The first-order chi connectivity index (χ1) is 9.63. The number of nitrogens with one attached hydrogen (secondary N) is 1. The number of thioether (sulfide) groups is 1. The van der Waals surface area contributed by atoms with Crippen molar-refractivity contribution in [3.05, 3.63) is 23.8 Å². The number of ether oxygens (including phenoxy) is 1. The standard InChI is InChI=1S/C13H20N2O4S2/c1-13(2,20-4)8-15-21(17,18)11-6-5-9(14)7-10(11)12(16)19-3/h5-7,15H,8,14H2,1-4H3. The summed E-state index contributed by atoms with van der Waals surface area (Å²) < 4.78 is 31.6. The van der Waals surface area contributed by atoms with Crippen LogP contribution in [-0.4, -0.2) is 39.0 Å². The molecule has 1 rings (SSSR count). The molecule has 0 spiro atoms. The molecule has 0 fully saturated rings. The van der Waals surface area contributed by atoms with E-state index >= 15 is 0 Å². The molecule has 6 nitrogen and oxygen atoms in total. The highest BCUT2D eigenvalue weighted by Crippen LogP contribution is 2.23. The maximum atomic E-state index is 12.4. The van der Waals surface area contributed by atoms with Gasteiger partial charge in [-0.05, 0) is 38.3 Å². The van der Waals surface area contributed by atoms with Crippen LogP contribution in [0.15, 0.2) is 23.1 Å². The van der Waals surface area contributed by atoms with Gasteiger partial charge in [0.25, 0.3) is 0 Å². The zero-order valence-corrected chi connectivity index (χ0v) is 14.1. The summed E-state index contributed by atoms with van der Waals surface area (Å²) in [6, 6.07) is 4.02. The van der Waals surface area contributed by atoms with Crippen molar-refractivity contribution < 1.29 is 17.9 Å². The summed E-state index contributed by atoms with van der Waals surface area (Å²) in [6.07, 6.45) is 1.90. The van der Waals surface area contributed by atoms with Gasteiger partial charge in [-0.3, -0.25) is 0 Å². The number of carbonyl (C=O) groups is 1. The summed E-state index contributed by atoms with van der Waals surface area (Å²) in [5.41, 5.74) is 5.82. The Morgan fingerprint density at radius 1 is 1.43 bits per heavy atom. The molecule has 3 N–H and O–H groups in total. The fourth-order valence-corrected chi connectivity index (χ4v) is 3.16. The molecule has 0 aliphatic rings. The molecule has 0 radical (unpaired) electrons. The van der Waals surface area contributed by atoms with E-state index in [1.165, 1.54) is 25.3 Å². The fourth-order valence-electron chi connectivity index (χ4n) is 1.47. The second kappa shape index (κ2) is 6.67. The van der Waals surface area contributed by atoms with Gasteiger partial charge in [-0.25, -0.2) is 17.9 Å². The molecule has 21 heavy (non-hydrogen) atoms. The minimum atomic E-state index is -3.83. The number of hydrogen-bond acceptors (Lipinski definition) is 6. The highest BCUT2D eigenvalue weighted by molar-refractivity contribution is 8.00. The Morgan fingerprint density at radius 2 is 2.05 bits per heavy atom. The highest BCUT2D eigenvalue weighted by atomic mass is 32.2. The fraction of sp³-hybridized carbons (Fsp3) is 0.462. The lowest BCUT2D eigenvalue weighted by atomic mass is 10.2. The topological polar surface area (TPSA) is 98.5 Å². The maximum absolute atomic E-state index is 12.4. The van der Waals surface area contributed by atoms with Crippen LogP contribution in [0.5, 0.6) is 0 Å².